The third-order valence-electron chi connectivity index (χ3n) is 2.41. The van der Waals surface area contributed by atoms with Crippen LogP contribution in [0.25, 0.3) is 0 Å². The van der Waals surface area contributed by atoms with Gasteiger partial charge in [-0.1, -0.05) is 0 Å². The second-order valence-electron chi connectivity index (χ2n) is 4.38. The summed E-state index contributed by atoms with van der Waals surface area (Å²) in [6.07, 6.45) is 11.9. The standard InChI is InChI=1S/2C6H13.Nd.H3O4P/c2*1-3-5-6-4-2;;1-5(2,3)4/h2*1,3-6H2,2H3;;(H3,1,2,3,4). The first-order valence-corrected chi connectivity index (χ1v) is 13.0. The number of rotatable bonds is 10. The van der Waals surface area contributed by atoms with Crippen molar-refractivity contribution in [1.82, 2.24) is 0 Å². The van der Waals surface area contributed by atoms with E-state index >= 15 is 0 Å². The Morgan fingerprint density at radius 2 is 1.11 bits per heavy atom. The number of phosphoric acid groups is 1. The Balaban J connectivity index is 0. The Kier molecular flexibility index (Phi) is 20.0. The second kappa shape index (κ2) is 16.5. The van der Waals surface area contributed by atoms with Gasteiger partial charge in [-0.15, -0.1) is 0 Å². The summed E-state index contributed by atoms with van der Waals surface area (Å²) in [6, 6.07) is 0. The number of hydrogen-bond donors (Lipinski definition) is 3. The maximum absolute atomic E-state index is 8.88. The molecule has 0 amide bonds. The monoisotopic (exact) mass is 410 g/mol. The summed E-state index contributed by atoms with van der Waals surface area (Å²) in [7, 11) is -4.64. The molecule has 0 saturated carbocycles. The maximum Gasteiger partial charge on any atom is 0.466 e. The van der Waals surface area contributed by atoms with Crippen LogP contribution in [0.2, 0.25) is 4.14 Å². The molecule has 0 bridgehead atoms. The average molecular weight is 413 g/mol. The van der Waals surface area contributed by atoms with Crippen molar-refractivity contribution in [3.63, 3.8) is 0 Å². The van der Waals surface area contributed by atoms with Crippen LogP contribution in [0.3, 0.4) is 0 Å². The van der Waals surface area contributed by atoms with Gasteiger partial charge < -0.3 is 14.7 Å². The average Bonchev–Trinajstić information content (AvgIpc) is 2.25. The zero-order valence-electron chi connectivity index (χ0n) is 11.8. The van der Waals surface area contributed by atoms with Gasteiger partial charge in [0.15, 0.2) is 0 Å². The van der Waals surface area contributed by atoms with Crippen LogP contribution in [0.4, 0.5) is 0 Å². The maximum atomic E-state index is 8.88. The van der Waals surface area contributed by atoms with E-state index in [-0.39, 0.29) is 36.7 Å². The first-order chi connectivity index (χ1) is 8.41. The molecule has 0 aromatic carbocycles. The van der Waals surface area contributed by atoms with Crippen LogP contribution in [0.1, 0.15) is 65.2 Å². The Morgan fingerprint density at radius 1 is 0.778 bits per heavy atom. The van der Waals surface area contributed by atoms with E-state index in [9.17, 15) is 0 Å². The SMILES string of the molecule is CCCCC[CH2][Nd][CH2]CCCCC.O=P(O)(O)O. The van der Waals surface area contributed by atoms with E-state index in [1.54, 1.807) is 17.0 Å². The summed E-state index contributed by atoms with van der Waals surface area (Å²) in [6.45, 7) is 4.60. The van der Waals surface area contributed by atoms with E-state index in [4.69, 9.17) is 19.2 Å². The molecule has 0 spiro atoms. The normalized spacial score (nSPS) is 10.7. The smallest absolute Gasteiger partial charge is 0.303 e. The molecule has 0 rings (SSSR count). The van der Waals surface area contributed by atoms with Gasteiger partial charge in [-0.2, -0.15) is 0 Å². The van der Waals surface area contributed by atoms with Crippen molar-refractivity contribution < 1.29 is 56.0 Å². The summed E-state index contributed by atoms with van der Waals surface area (Å²) in [5.41, 5.74) is 0. The molecule has 0 heterocycles. The molecule has 4 nitrogen and oxygen atoms in total. The summed E-state index contributed by atoms with van der Waals surface area (Å²) < 4.78 is 12.2. The van der Waals surface area contributed by atoms with Crippen molar-refractivity contribution >= 4 is 7.82 Å². The topological polar surface area (TPSA) is 77.8 Å². The molecular weight excluding hydrogens is 383 g/mol. The Hall–Kier alpha value is 1.46. The van der Waals surface area contributed by atoms with Crippen LogP contribution in [-0.4, -0.2) is 14.7 Å². The summed E-state index contributed by atoms with van der Waals surface area (Å²) in [5.74, 6) is 0. The minimum absolute atomic E-state index is 0.0943. The predicted molar refractivity (Wildman–Crippen MR) is 72.2 cm³/mol. The Labute approximate surface area is 132 Å². The van der Waals surface area contributed by atoms with Gasteiger partial charge in [-0.05, 0) is 0 Å². The Bertz CT molecular complexity index is 178. The molecule has 6 heteroatoms. The molecule has 0 aliphatic heterocycles. The molecule has 110 valence electrons. The van der Waals surface area contributed by atoms with E-state index in [0.29, 0.717) is 0 Å². The fraction of sp³-hybridized carbons (Fsp3) is 1.00. The fourth-order valence-electron chi connectivity index (χ4n) is 1.48. The minimum Gasteiger partial charge on any atom is -0.303 e. The van der Waals surface area contributed by atoms with Crippen molar-refractivity contribution in [2.75, 3.05) is 0 Å². The van der Waals surface area contributed by atoms with Gasteiger partial charge in [-0.3, -0.25) is 0 Å². The molecule has 0 saturated heterocycles. The van der Waals surface area contributed by atoms with Gasteiger partial charge in [0.2, 0.25) is 0 Å². The second-order valence-corrected chi connectivity index (χ2v) is 10.2. The third kappa shape index (κ3) is 36.0. The molecule has 0 atom stereocenters. The Morgan fingerprint density at radius 3 is 1.39 bits per heavy atom. The van der Waals surface area contributed by atoms with Crippen molar-refractivity contribution in [3.8, 4) is 0 Å². The van der Waals surface area contributed by atoms with Gasteiger partial charge in [0, 0.05) is 0 Å². The van der Waals surface area contributed by atoms with Crippen molar-refractivity contribution in [1.29, 1.82) is 0 Å². The number of unbranched alkanes of at least 4 members (excludes halogenated alkanes) is 6. The zero-order chi connectivity index (χ0) is 14.3. The minimum atomic E-state index is -4.64. The summed E-state index contributed by atoms with van der Waals surface area (Å²) >= 11 is -0.0943. The van der Waals surface area contributed by atoms with Crippen molar-refractivity contribution in [2.24, 2.45) is 0 Å². The van der Waals surface area contributed by atoms with E-state index < -0.39 is 7.82 Å². The molecule has 0 aliphatic carbocycles. The van der Waals surface area contributed by atoms with Gasteiger partial charge in [0.25, 0.3) is 0 Å². The molecule has 0 aromatic rings. The zero-order valence-corrected chi connectivity index (χ0v) is 15.9. The molecule has 3 N–H and O–H groups in total. The quantitative estimate of drug-likeness (QED) is 0.372. The third-order valence-corrected chi connectivity index (χ3v) is 6.95. The molecule has 0 aromatic heterocycles. The molecule has 0 aliphatic rings. The molecule has 0 fully saturated rings. The number of hydrogen-bond acceptors (Lipinski definition) is 1. The van der Waals surface area contributed by atoms with Gasteiger partial charge in [0.1, 0.15) is 0 Å². The van der Waals surface area contributed by atoms with E-state index in [1.165, 1.54) is 38.5 Å². The molecule has 0 unspecified atom stereocenters. The predicted octanol–water partition coefficient (Wildman–Crippen LogP) is 4.14. The van der Waals surface area contributed by atoms with Crippen LogP contribution in [-0.2, 0) is 4.57 Å². The van der Waals surface area contributed by atoms with E-state index in [2.05, 4.69) is 13.8 Å². The van der Waals surface area contributed by atoms with Crippen LogP contribution in [0, 0.1) is 36.7 Å². The fourth-order valence-corrected chi connectivity index (χ4v) is 5.49. The van der Waals surface area contributed by atoms with Crippen LogP contribution >= 0.6 is 7.82 Å². The van der Waals surface area contributed by atoms with Gasteiger partial charge >= 0.3 is 114 Å². The van der Waals surface area contributed by atoms with E-state index in [0.717, 1.165) is 0 Å². The summed E-state index contributed by atoms with van der Waals surface area (Å²) in [4.78, 5) is 21.6. The van der Waals surface area contributed by atoms with E-state index in [1.807, 2.05) is 0 Å². The molecule has 18 heavy (non-hydrogen) atoms. The molecular formula is C12H29NdO4P. The molecule has 0 radical (unpaired) electrons. The van der Waals surface area contributed by atoms with Crippen LogP contribution in [0.5, 0.6) is 0 Å². The van der Waals surface area contributed by atoms with Crippen LogP contribution < -0.4 is 0 Å². The largest absolute Gasteiger partial charge is 0.466 e. The first-order valence-electron chi connectivity index (χ1n) is 6.90. The van der Waals surface area contributed by atoms with Crippen molar-refractivity contribution in [3.05, 3.63) is 0 Å². The van der Waals surface area contributed by atoms with Gasteiger partial charge in [-0.25, -0.2) is 4.57 Å². The van der Waals surface area contributed by atoms with Gasteiger partial charge in [0.05, 0.1) is 0 Å². The van der Waals surface area contributed by atoms with Crippen LogP contribution in [0.15, 0.2) is 0 Å². The summed E-state index contributed by atoms with van der Waals surface area (Å²) in [5, 5.41) is 0. The van der Waals surface area contributed by atoms with Crippen molar-refractivity contribution in [2.45, 2.75) is 69.4 Å². The first kappa shape index (κ1) is 21.8.